The summed E-state index contributed by atoms with van der Waals surface area (Å²) < 4.78 is 15.6. The predicted molar refractivity (Wildman–Crippen MR) is 149 cm³/mol. The fourth-order valence-corrected chi connectivity index (χ4v) is 3.73. The Morgan fingerprint density at radius 3 is 2.30 bits per heavy atom. The summed E-state index contributed by atoms with van der Waals surface area (Å²) in [5.74, 6) is 0.633. The van der Waals surface area contributed by atoms with E-state index in [1.165, 1.54) is 51.7 Å². The Labute approximate surface area is 231 Å². The molecule has 1 atom stereocenters. The molecule has 12 nitrogen and oxygen atoms in total. The van der Waals surface area contributed by atoms with Gasteiger partial charge in [0, 0.05) is 35.9 Å². The Hall–Kier alpha value is -4.65. The first kappa shape index (κ1) is 29.9. The second-order valence-corrected chi connectivity index (χ2v) is 8.63. The number of aromatic hydroxyl groups is 1. The number of quaternary nitrogens is 1. The molecular formula is C28H32N4O8. The summed E-state index contributed by atoms with van der Waals surface area (Å²) in [5, 5.41) is 36.2. The van der Waals surface area contributed by atoms with Crippen molar-refractivity contribution in [3.63, 3.8) is 0 Å². The maximum Gasteiger partial charge on any atom is 0.224 e. The van der Waals surface area contributed by atoms with Crippen LogP contribution in [0.3, 0.4) is 0 Å². The highest BCUT2D eigenvalue weighted by Gasteiger charge is 2.15. The molecule has 3 aromatic carbocycles. The van der Waals surface area contributed by atoms with Crippen molar-refractivity contribution in [2.75, 3.05) is 32.1 Å². The Morgan fingerprint density at radius 1 is 0.925 bits per heavy atom. The zero-order chi connectivity index (χ0) is 29.1. The van der Waals surface area contributed by atoms with Gasteiger partial charge in [0.2, 0.25) is 5.91 Å². The van der Waals surface area contributed by atoms with E-state index in [4.69, 9.17) is 19.4 Å². The van der Waals surface area contributed by atoms with Crippen LogP contribution in [0.5, 0.6) is 23.0 Å². The van der Waals surface area contributed by atoms with E-state index in [2.05, 4.69) is 15.8 Å². The Kier molecular flexibility index (Phi) is 10.8. The number of Topliss-reactive ketones (excluding diaryl/α,β-unsaturated/α-hetero) is 1. The van der Waals surface area contributed by atoms with E-state index >= 15 is 0 Å². The van der Waals surface area contributed by atoms with E-state index in [-0.39, 0.29) is 41.7 Å². The second kappa shape index (κ2) is 14.5. The van der Waals surface area contributed by atoms with E-state index in [1.807, 2.05) is 0 Å². The number of phenols is 1. The minimum Gasteiger partial charge on any atom is -0.595 e. The van der Waals surface area contributed by atoms with Crippen molar-refractivity contribution in [2.45, 2.75) is 25.7 Å². The van der Waals surface area contributed by atoms with E-state index in [0.717, 1.165) is 0 Å². The Balaban J connectivity index is 1.70. The third kappa shape index (κ3) is 8.43. The molecule has 0 saturated heterocycles. The molecule has 1 amide bonds. The summed E-state index contributed by atoms with van der Waals surface area (Å²) in [6.07, 6.45) is 0.806. The molecule has 0 aliphatic carbocycles. The van der Waals surface area contributed by atoms with Gasteiger partial charge < -0.3 is 29.8 Å². The van der Waals surface area contributed by atoms with Gasteiger partial charge in [-0.1, -0.05) is 0 Å². The molecular weight excluding hydrogens is 520 g/mol. The molecule has 212 valence electrons. The van der Waals surface area contributed by atoms with E-state index < -0.39 is 5.23 Å². The summed E-state index contributed by atoms with van der Waals surface area (Å²) in [6, 6.07) is 15.4. The van der Waals surface area contributed by atoms with Crippen molar-refractivity contribution in [1.82, 2.24) is 0 Å². The van der Waals surface area contributed by atoms with Crippen molar-refractivity contribution < 1.29 is 39.3 Å². The third-order valence-electron chi connectivity index (χ3n) is 5.89. The molecule has 1 unspecified atom stereocenters. The minimum atomic E-state index is -1.05. The van der Waals surface area contributed by atoms with Gasteiger partial charge in [0.15, 0.2) is 23.0 Å². The van der Waals surface area contributed by atoms with Crippen molar-refractivity contribution in [2.24, 2.45) is 5.10 Å². The SMILES string of the molecule is COc1ccc(OC)c(NC(=O)CCC/C(CC(=O)c2ccc(O)c(OC)c2)=N\Nc2ccc([NH+]([O-])O)cc2)c1. The number of amides is 1. The zero-order valence-electron chi connectivity index (χ0n) is 22.4. The standard InChI is InChI=1S/C28H32N4O8/c1-38-22-12-14-26(39-2)23(17-22)29-28(35)6-4-5-20(31-30-19-8-10-21(11-9-19)32(36)37)16-25(34)18-7-13-24(33)27(15-18)40-3/h7-15,17,30,32-33,36H,4-6,16H2,1-3H3,(H,29,35)/b31-20+. The first-order valence-corrected chi connectivity index (χ1v) is 12.3. The molecule has 0 heterocycles. The van der Waals surface area contributed by atoms with Crippen molar-refractivity contribution in [3.05, 3.63) is 71.4 Å². The van der Waals surface area contributed by atoms with Crippen LogP contribution in [0.1, 0.15) is 36.0 Å². The lowest BCUT2D eigenvalue weighted by Gasteiger charge is -2.13. The third-order valence-corrected chi connectivity index (χ3v) is 5.89. The molecule has 12 heteroatoms. The minimum absolute atomic E-state index is 0.0561. The molecule has 0 fully saturated rings. The summed E-state index contributed by atoms with van der Waals surface area (Å²) >= 11 is 0. The highest BCUT2D eigenvalue weighted by atomic mass is 16.8. The van der Waals surface area contributed by atoms with Gasteiger partial charge in [0.25, 0.3) is 0 Å². The highest BCUT2D eigenvalue weighted by Crippen LogP contribution is 2.29. The number of anilines is 2. The van der Waals surface area contributed by atoms with Gasteiger partial charge >= 0.3 is 0 Å². The smallest absolute Gasteiger partial charge is 0.224 e. The lowest BCUT2D eigenvalue weighted by Crippen LogP contribution is -2.99. The number of nitrogens with one attached hydrogen (secondary N) is 3. The van der Waals surface area contributed by atoms with Crippen LogP contribution in [0.2, 0.25) is 0 Å². The molecule has 5 N–H and O–H groups in total. The van der Waals surface area contributed by atoms with E-state index in [1.54, 1.807) is 30.3 Å². The molecule has 0 radical (unpaired) electrons. The molecule has 0 bridgehead atoms. The number of hydrazone groups is 1. The lowest BCUT2D eigenvalue weighted by molar-refractivity contribution is -0.991. The maximum atomic E-state index is 13.0. The van der Waals surface area contributed by atoms with Gasteiger partial charge in [-0.25, -0.2) is 5.21 Å². The van der Waals surface area contributed by atoms with Gasteiger partial charge in [-0.3, -0.25) is 15.0 Å². The average Bonchev–Trinajstić information content (AvgIpc) is 2.96. The molecule has 40 heavy (non-hydrogen) atoms. The molecule has 0 spiro atoms. The largest absolute Gasteiger partial charge is 0.595 e. The fourth-order valence-electron chi connectivity index (χ4n) is 3.73. The van der Waals surface area contributed by atoms with Crippen molar-refractivity contribution in [1.29, 1.82) is 0 Å². The van der Waals surface area contributed by atoms with Crippen LogP contribution >= 0.6 is 0 Å². The summed E-state index contributed by atoms with van der Waals surface area (Å²) in [4.78, 5) is 25.7. The van der Waals surface area contributed by atoms with Crippen LogP contribution in [-0.2, 0) is 4.79 Å². The average molecular weight is 553 g/mol. The van der Waals surface area contributed by atoms with Crippen LogP contribution in [0.25, 0.3) is 0 Å². The molecule has 3 rings (SSSR count). The quantitative estimate of drug-likeness (QED) is 0.114. The van der Waals surface area contributed by atoms with Gasteiger partial charge in [-0.15, -0.1) is 0 Å². The number of carbonyl (C=O) groups is 2. The number of ketones is 1. The summed E-state index contributed by atoms with van der Waals surface area (Å²) in [7, 11) is 4.42. The number of phenolic OH excluding ortho intramolecular Hbond substituents is 1. The van der Waals surface area contributed by atoms with Crippen LogP contribution in [0.15, 0.2) is 65.8 Å². The second-order valence-electron chi connectivity index (χ2n) is 8.63. The first-order valence-electron chi connectivity index (χ1n) is 12.3. The monoisotopic (exact) mass is 552 g/mol. The van der Waals surface area contributed by atoms with Crippen molar-refractivity contribution >= 4 is 34.5 Å². The summed E-state index contributed by atoms with van der Waals surface area (Å²) in [6.45, 7) is 0. The molecule has 3 aromatic rings. The Bertz CT molecular complexity index is 1340. The van der Waals surface area contributed by atoms with E-state index in [0.29, 0.717) is 47.0 Å². The maximum absolute atomic E-state index is 13.0. The van der Waals surface area contributed by atoms with Gasteiger partial charge in [0.1, 0.15) is 11.5 Å². The topological polar surface area (TPSA) is 166 Å². The fraction of sp³-hybridized carbons (Fsp3) is 0.250. The normalized spacial score (nSPS) is 11.9. The lowest BCUT2D eigenvalue weighted by atomic mass is 10.0. The number of nitrogens with zero attached hydrogens (tertiary/aromatic N) is 1. The number of carbonyl (C=O) groups excluding carboxylic acids is 2. The highest BCUT2D eigenvalue weighted by molar-refractivity contribution is 6.10. The van der Waals surface area contributed by atoms with Crippen LogP contribution in [-0.4, -0.2) is 49.0 Å². The zero-order valence-corrected chi connectivity index (χ0v) is 22.4. The van der Waals surface area contributed by atoms with Crippen LogP contribution < -0.4 is 30.2 Å². The van der Waals surface area contributed by atoms with Gasteiger partial charge in [-0.2, -0.15) is 10.3 Å². The first-order chi connectivity index (χ1) is 19.2. The molecule has 0 aliphatic rings. The number of benzene rings is 3. The molecule has 0 aromatic heterocycles. The van der Waals surface area contributed by atoms with Gasteiger partial charge in [0.05, 0.1) is 39.1 Å². The number of methoxy groups -OCH3 is 3. The van der Waals surface area contributed by atoms with Crippen LogP contribution in [0.4, 0.5) is 17.1 Å². The summed E-state index contributed by atoms with van der Waals surface area (Å²) in [5.41, 5.74) is 4.80. The Morgan fingerprint density at radius 2 is 1.65 bits per heavy atom. The van der Waals surface area contributed by atoms with Gasteiger partial charge in [-0.05, 0) is 55.3 Å². The number of hydrogen-bond acceptors (Lipinski definition) is 10. The van der Waals surface area contributed by atoms with Crippen molar-refractivity contribution in [3.8, 4) is 23.0 Å². The number of rotatable bonds is 14. The number of hydrogen-bond donors (Lipinski definition) is 5. The number of ether oxygens (including phenoxy) is 3. The van der Waals surface area contributed by atoms with E-state index in [9.17, 15) is 19.9 Å². The van der Waals surface area contributed by atoms with Crippen LogP contribution in [0, 0.1) is 5.21 Å². The molecule has 0 saturated carbocycles. The molecule has 0 aliphatic heterocycles. The predicted octanol–water partition coefficient (Wildman–Crippen LogP) is 3.67.